The average Bonchev–Trinajstić information content (AvgIpc) is 2.98. The third-order valence-electron chi connectivity index (χ3n) is 4.94. The Kier molecular flexibility index (Phi) is 4.81. The highest BCUT2D eigenvalue weighted by Gasteiger charge is 2.21. The molecule has 134 valence electrons. The molecule has 1 fully saturated rings. The molecule has 6 nitrogen and oxygen atoms in total. The summed E-state index contributed by atoms with van der Waals surface area (Å²) in [7, 11) is 1.98. The number of piperazine rings is 1. The smallest absolute Gasteiger partial charge is 0.202 e. The van der Waals surface area contributed by atoms with Gasteiger partial charge in [0.2, 0.25) is 4.77 Å². The van der Waals surface area contributed by atoms with Crippen LogP contribution in [0.4, 0.5) is 5.69 Å². The van der Waals surface area contributed by atoms with Crippen molar-refractivity contribution in [1.29, 1.82) is 0 Å². The van der Waals surface area contributed by atoms with Gasteiger partial charge >= 0.3 is 0 Å². The maximum absolute atomic E-state index is 5.61. The molecule has 1 aliphatic rings. The zero-order valence-electron chi connectivity index (χ0n) is 14.9. The molecule has 1 N–H and O–H groups in total. The highest BCUT2D eigenvalue weighted by molar-refractivity contribution is 7.71. The molecule has 7 heteroatoms. The number of pyridine rings is 1. The van der Waals surface area contributed by atoms with Crippen molar-refractivity contribution in [3.8, 4) is 11.4 Å². The third-order valence-corrected chi connectivity index (χ3v) is 5.43. The molecule has 3 aromatic rings. The Morgan fingerprint density at radius 1 is 1.04 bits per heavy atom. The summed E-state index contributed by atoms with van der Waals surface area (Å²) in [4.78, 5) is 8.03. The van der Waals surface area contributed by atoms with Gasteiger partial charge < -0.3 is 14.4 Å². The van der Waals surface area contributed by atoms with Crippen LogP contribution in [0.1, 0.15) is 0 Å². The molecule has 3 heterocycles. The highest BCUT2D eigenvalue weighted by atomic mass is 32.1. The van der Waals surface area contributed by atoms with Crippen LogP contribution in [0.2, 0.25) is 0 Å². The van der Waals surface area contributed by atoms with Crippen LogP contribution in [0.3, 0.4) is 0 Å². The van der Waals surface area contributed by atoms with Crippen molar-refractivity contribution in [2.24, 2.45) is 7.05 Å². The molecule has 0 radical (unpaired) electrons. The van der Waals surface area contributed by atoms with Gasteiger partial charge in [0.1, 0.15) is 0 Å². The Morgan fingerprint density at radius 2 is 1.73 bits per heavy atom. The Labute approximate surface area is 158 Å². The van der Waals surface area contributed by atoms with E-state index in [1.54, 1.807) is 12.4 Å². The van der Waals surface area contributed by atoms with E-state index in [1.807, 2.05) is 28.4 Å². The summed E-state index contributed by atoms with van der Waals surface area (Å²) in [6, 6.07) is 14.6. The van der Waals surface area contributed by atoms with Crippen molar-refractivity contribution in [2.75, 3.05) is 31.1 Å². The standard InChI is InChI=1S/C19H22N6S/c1-22-18(16-7-9-20-10-8-16)21-25(19(22)26)15-23-11-13-24(14-12-23)17-5-3-2-4-6-17/h2-10H,11-15H2,1H3/p+1. The number of anilines is 1. The monoisotopic (exact) mass is 367 g/mol. The molecule has 26 heavy (non-hydrogen) atoms. The summed E-state index contributed by atoms with van der Waals surface area (Å²) in [6.07, 6.45) is 3.57. The number of aromatic nitrogens is 4. The van der Waals surface area contributed by atoms with Crippen molar-refractivity contribution in [1.82, 2.24) is 19.3 Å². The fraction of sp³-hybridized carbons (Fsp3) is 0.316. The van der Waals surface area contributed by atoms with E-state index in [4.69, 9.17) is 17.3 Å². The van der Waals surface area contributed by atoms with E-state index >= 15 is 0 Å². The second-order valence-corrected chi connectivity index (χ2v) is 7.00. The van der Waals surface area contributed by atoms with E-state index in [2.05, 4.69) is 40.2 Å². The molecular weight excluding hydrogens is 344 g/mol. The Hall–Kier alpha value is -2.51. The van der Waals surface area contributed by atoms with Gasteiger partial charge in [-0.1, -0.05) is 18.2 Å². The summed E-state index contributed by atoms with van der Waals surface area (Å²) in [6.45, 7) is 5.07. The molecular formula is C19H23N6S+. The molecule has 0 bridgehead atoms. The van der Waals surface area contributed by atoms with Crippen molar-refractivity contribution < 1.29 is 4.90 Å². The van der Waals surface area contributed by atoms with Gasteiger partial charge in [0.25, 0.3) is 0 Å². The molecule has 0 amide bonds. The minimum absolute atomic E-state index is 0.759. The number of rotatable bonds is 4. The van der Waals surface area contributed by atoms with Crippen LogP contribution in [-0.2, 0) is 13.7 Å². The van der Waals surface area contributed by atoms with Gasteiger partial charge in [-0.15, -0.1) is 5.10 Å². The topological polar surface area (TPSA) is 43.3 Å². The van der Waals surface area contributed by atoms with Gasteiger partial charge in [-0.25, -0.2) is 0 Å². The van der Waals surface area contributed by atoms with E-state index < -0.39 is 0 Å². The lowest BCUT2D eigenvalue weighted by atomic mass is 10.2. The lowest BCUT2D eigenvalue weighted by Gasteiger charge is -2.33. The predicted molar refractivity (Wildman–Crippen MR) is 105 cm³/mol. The number of para-hydroxylation sites is 1. The molecule has 1 aliphatic heterocycles. The van der Waals surface area contributed by atoms with Crippen LogP contribution in [-0.4, -0.2) is 45.5 Å². The molecule has 0 atom stereocenters. The van der Waals surface area contributed by atoms with Gasteiger partial charge in [-0.05, 0) is 36.5 Å². The third kappa shape index (κ3) is 3.40. The summed E-state index contributed by atoms with van der Waals surface area (Å²) >= 11 is 5.61. The van der Waals surface area contributed by atoms with Crippen LogP contribution in [0.15, 0.2) is 54.9 Å². The first-order valence-corrected chi connectivity index (χ1v) is 9.31. The van der Waals surface area contributed by atoms with Crippen LogP contribution >= 0.6 is 12.2 Å². The van der Waals surface area contributed by atoms with E-state index in [-0.39, 0.29) is 0 Å². The van der Waals surface area contributed by atoms with Gasteiger partial charge in [0.05, 0.1) is 26.2 Å². The first-order chi connectivity index (χ1) is 12.7. The number of benzene rings is 1. The Bertz CT molecular complexity index is 910. The first kappa shape index (κ1) is 16.9. The summed E-state index contributed by atoms with van der Waals surface area (Å²) in [5.74, 6) is 0.889. The van der Waals surface area contributed by atoms with Gasteiger partial charge in [0.15, 0.2) is 12.5 Å². The summed E-state index contributed by atoms with van der Waals surface area (Å²) in [5, 5.41) is 4.76. The van der Waals surface area contributed by atoms with Crippen molar-refractivity contribution in [3.05, 3.63) is 59.6 Å². The normalized spacial score (nSPS) is 15.3. The molecule has 1 aromatic carbocycles. The molecule has 4 rings (SSSR count). The largest absolute Gasteiger partial charge is 0.360 e. The first-order valence-electron chi connectivity index (χ1n) is 8.90. The van der Waals surface area contributed by atoms with Crippen LogP contribution in [0.5, 0.6) is 0 Å². The van der Waals surface area contributed by atoms with Crippen LogP contribution in [0, 0.1) is 4.77 Å². The fourth-order valence-corrected chi connectivity index (χ4v) is 3.63. The number of quaternary nitrogens is 1. The highest BCUT2D eigenvalue weighted by Crippen LogP contribution is 2.16. The molecule has 2 aromatic heterocycles. The second kappa shape index (κ2) is 7.39. The minimum atomic E-state index is 0.759. The van der Waals surface area contributed by atoms with E-state index in [0.717, 1.165) is 49.0 Å². The predicted octanol–water partition coefficient (Wildman–Crippen LogP) is 1.38. The molecule has 0 saturated carbocycles. The van der Waals surface area contributed by atoms with Crippen molar-refractivity contribution >= 4 is 17.9 Å². The van der Waals surface area contributed by atoms with Gasteiger partial charge in [-0.3, -0.25) is 4.98 Å². The molecule has 0 spiro atoms. The summed E-state index contributed by atoms with van der Waals surface area (Å²) in [5.41, 5.74) is 2.34. The maximum atomic E-state index is 5.61. The minimum Gasteiger partial charge on any atom is -0.360 e. The summed E-state index contributed by atoms with van der Waals surface area (Å²) < 4.78 is 4.69. The maximum Gasteiger partial charge on any atom is 0.202 e. The molecule has 0 unspecified atom stereocenters. The van der Waals surface area contributed by atoms with Gasteiger partial charge in [0, 0.05) is 30.7 Å². The van der Waals surface area contributed by atoms with Crippen LogP contribution in [0.25, 0.3) is 11.4 Å². The zero-order chi connectivity index (χ0) is 17.9. The Balaban J connectivity index is 1.45. The Morgan fingerprint density at radius 3 is 2.42 bits per heavy atom. The van der Waals surface area contributed by atoms with E-state index in [0.29, 0.717) is 0 Å². The molecule has 1 saturated heterocycles. The quantitative estimate of drug-likeness (QED) is 0.708. The van der Waals surface area contributed by atoms with E-state index in [9.17, 15) is 0 Å². The van der Waals surface area contributed by atoms with Gasteiger partial charge in [-0.2, -0.15) is 4.68 Å². The lowest BCUT2D eigenvalue weighted by Crippen LogP contribution is -3.14. The second-order valence-electron chi connectivity index (χ2n) is 6.63. The number of hydrogen-bond donors (Lipinski definition) is 1. The number of nitrogens with zero attached hydrogens (tertiary/aromatic N) is 5. The number of nitrogens with one attached hydrogen (secondary N) is 1. The van der Waals surface area contributed by atoms with Crippen LogP contribution < -0.4 is 9.80 Å². The fourth-order valence-electron chi connectivity index (χ4n) is 3.43. The molecule has 0 aliphatic carbocycles. The number of hydrogen-bond acceptors (Lipinski definition) is 4. The van der Waals surface area contributed by atoms with E-state index in [1.165, 1.54) is 10.6 Å². The zero-order valence-corrected chi connectivity index (χ0v) is 15.7. The van der Waals surface area contributed by atoms with Crippen molar-refractivity contribution in [3.63, 3.8) is 0 Å². The van der Waals surface area contributed by atoms with Crippen molar-refractivity contribution in [2.45, 2.75) is 6.67 Å². The average molecular weight is 368 g/mol. The SMILES string of the molecule is Cn1c(-c2ccncc2)nn(C[NH+]2CCN(c3ccccc3)CC2)c1=S. The lowest BCUT2D eigenvalue weighted by molar-refractivity contribution is -0.924.